The summed E-state index contributed by atoms with van der Waals surface area (Å²) in [5, 5.41) is 0. The fraction of sp³-hybridized carbons (Fsp3) is 1.00. The molecule has 0 aliphatic carbocycles. The zero-order valence-electron chi connectivity index (χ0n) is 5.36. The average Bonchev–Trinajstić information content (AvgIpc) is 1.50. The third-order valence-corrected chi connectivity index (χ3v) is 0.877. The monoisotopic (exact) mass is 266 g/mol. The number of rotatable bonds is 0. The van der Waals surface area contributed by atoms with E-state index in [2.05, 4.69) is 10.7 Å². The first kappa shape index (κ1) is 15.4. The molecule has 0 aromatic carbocycles. The second-order valence-electron chi connectivity index (χ2n) is 1.33. The van der Waals surface area contributed by atoms with Crippen molar-refractivity contribution in [3.63, 3.8) is 0 Å². The summed E-state index contributed by atoms with van der Waals surface area (Å²) in [5.41, 5.74) is -5.53. The molecule has 0 aromatic rings. The molecule has 0 aromatic heterocycles. The van der Waals surface area contributed by atoms with E-state index in [4.69, 9.17) is 25.9 Å². The molecular weight excluding hydrogens is 265 g/mol. The number of hydrogen-bond donors (Lipinski definition) is 2. The summed E-state index contributed by atoms with van der Waals surface area (Å²) in [5.74, 6) is 0. The minimum atomic E-state index is -5.84. The minimum Gasteiger partial charge on any atom is -0.279 e. The molecule has 0 heterocycles. The van der Waals surface area contributed by atoms with Crippen molar-refractivity contribution in [3.8, 4) is 0 Å². The highest BCUT2D eigenvalue weighted by Gasteiger charge is 2.44. The fourth-order valence-electron chi connectivity index (χ4n) is 0. The number of halogens is 4. The third-order valence-electron chi connectivity index (χ3n) is 0.292. The van der Waals surface area contributed by atoms with Crippen LogP contribution in [0.2, 0.25) is 0 Å². The first-order valence-electron chi connectivity index (χ1n) is 1.96. The minimum absolute atomic E-state index is 4.06. The van der Waals surface area contributed by atoms with Crippen molar-refractivity contribution in [2.24, 2.45) is 0 Å². The topological polar surface area (TPSA) is 109 Å². The van der Waals surface area contributed by atoms with Gasteiger partial charge in [-0.05, 0) is 0 Å². The van der Waals surface area contributed by atoms with Crippen molar-refractivity contribution in [2.45, 2.75) is 5.51 Å². The molecule has 0 saturated heterocycles. The maximum atomic E-state index is 10.7. The molecule has 13 heavy (non-hydrogen) atoms. The average molecular weight is 267 g/mol. The van der Waals surface area contributed by atoms with Crippen LogP contribution in [0.25, 0.3) is 0 Å². The summed E-state index contributed by atoms with van der Waals surface area (Å²) >= 11 is 0. The van der Waals surface area contributed by atoms with Crippen molar-refractivity contribution < 1.29 is 39.1 Å². The largest absolute Gasteiger partial charge is 0.522 e. The van der Waals surface area contributed by atoms with E-state index < -0.39 is 25.0 Å². The van der Waals surface area contributed by atoms with Crippen LogP contribution in [0.5, 0.6) is 0 Å². The molecule has 6 nitrogen and oxygen atoms in total. The smallest absolute Gasteiger partial charge is 0.279 e. The molecule has 0 spiro atoms. The van der Waals surface area contributed by atoms with Gasteiger partial charge in [0.2, 0.25) is 0 Å². The molecule has 0 fully saturated rings. The van der Waals surface area contributed by atoms with Crippen molar-refractivity contribution in [1.82, 2.24) is 0 Å². The summed E-state index contributed by atoms with van der Waals surface area (Å²) in [6.07, 6.45) is 0. The normalized spacial score (nSPS) is 13.1. The molecule has 0 amide bonds. The Balaban J connectivity index is 0. The van der Waals surface area contributed by atoms with Gasteiger partial charge >= 0.3 is 25.0 Å². The molecule has 0 atom stereocenters. The quantitative estimate of drug-likeness (QED) is 0.374. The third kappa shape index (κ3) is 14.7. The lowest BCUT2D eigenvalue weighted by molar-refractivity contribution is -0.0510. The van der Waals surface area contributed by atoms with Gasteiger partial charge in [-0.3, -0.25) is 9.11 Å². The maximum Gasteiger partial charge on any atom is 0.522 e. The van der Waals surface area contributed by atoms with Gasteiger partial charge in [-0.2, -0.15) is 30.0 Å². The van der Waals surface area contributed by atoms with Gasteiger partial charge in [0.25, 0.3) is 0 Å². The summed E-state index contributed by atoms with van der Waals surface area (Å²) in [4.78, 5) is 0. The van der Waals surface area contributed by atoms with E-state index in [1.54, 1.807) is 0 Å². The summed E-state index contributed by atoms with van der Waals surface area (Å²) < 4.78 is 82.7. The molecule has 0 aliphatic rings. The Kier molecular flexibility index (Phi) is 5.22. The van der Waals surface area contributed by atoms with Crippen LogP contribution in [0.4, 0.5) is 13.2 Å². The SMILES string of the molecule is O=S(=O)(O)C(F)(F)F.O=S(=O)(O)Cl. The molecule has 0 rings (SSSR count). The molecule has 0 aliphatic heterocycles. The number of alkyl halides is 3. The lowest BCUT2D eigenvalue weighted by Crippen LogP contribution is -2.21. The van der Waals surface area contributed by atoms with Crippen LogP contribution in [0.3, 0.4) is 0 Å². The van der Waals surface area contributed by atoms with Crippen molar-refractivity contribution in [3.05, 3.63) is 0 Å². The van der Waals surface area contributed by atoms with Gasteiger partial charge in [0.15, 0.2) is 0 Å². The lowest BCUT2D eigenvalue weighted by atomic mass is 11.6. The Morgan fingerprint density at radius 2 is 1.08 bits per heavy atom. The van der Waals surface area contributed by atoms with Gasteiger partial charge in [-0.25, -0.2) is 0 Å². The first-order valence-corrected chi connectivity index (χ1v) is 5.66. The Hall–Kier alpha value is -0.100. The Morgan fingerprint density at radius 3 is 1.08 bits per heavy atom. The van der Waals surface area contributed by atoms with Crippen molar-refractivity contribution >= 4 is 30.1 Å². The van der Waals surface area contributed by atoms with Crippen LogP contribution < -0.4 is 0 Å². The highest BCUT2D eigenvalue weighted by atomic mass is 35.7. The lowest BCUT2D eigenvalue weighted by Gasteiger charge is -1.97. The molecule has 2 N–H and O–H groups in total. The van der Waals surface area contributed by atoms with Crippen LogP contribution in [0.1, 0.15) is 0 Å². The highest BCUT2D eigenvalue weighted by Crippen LogP contribution is 2.20. The molecular formula is CH2ClF3O6S2. The second-order valence-corrected chi connectivity index (χ2v) is 4.74. The first-order chi connectivity index (χ1) is 5.25. The van der Waals surface area contributed by atoms with Crippen LogP contribution in [0, 0.1) is 0 Å². The van der Waals surface area contributed by atoms with Crippen molar-refractivity contribution in [2.75, 3.05) is 0 Å². The van der Waals surface area contributed by atoms with Gasteiger partial charge < -0.3 is 0 Å². The Labute approximate surface area is 75.3 Å². The Bertz CT molecular complexity index is 329. The van der Waals surface area contributed by atoms with Crippen LogP contribution in [0.15, 0.2) is 0 Å². The van der Waals surface area contributed by atoms with Crippen molar-refractivity contribution in [1.29, 1.82) is 0 Å². The molecule has 0 saturated carbocycles. The van der Waals surface area contributed by atoms with Crippen LogP contribution >= 0.6 is 10.7 Å². The number of hydrogen-bond acceptors (Lipinski definition) is 4. The van der Waals surface area contributed by atoms with E-state index in [1.165, 1.54) is 0 Å². The van der Waals surface area contributed by atoms with Gasteiger partial charge in [-0.1, -0.05) is 0 Å². The van der Waals surface area contributed by atoms with Crippen LogP contribution in [-0.2, 0) is 19.4 Å². The van der Waals surface area contributed by atoms with E-state index in [1.807, 2.05) is 0 Å². The van der Waals surface area contributed by atoms with E-state index in [9.17, 15) is 13.2 Å². The molecule has 82 valence electrons. The predicted octanol–water partition coefficient (Wildman–Crippen LogP) is 0.422. The highest BCUT2D eigenvalue weighted by molar-refractivity contribution is 8.09. The van der Waals surface area contributed by atoms with E-state index in [0.717, 1.165) is 0 Å². The van der Waals surface area contributed by atoms with Gasteiger partial charge in [0.1, 0.15) is 0 Å². The van der Waals surface area contributed by atoms with Crippen LogP contribution in [-0.4, -0.2) is 31.4 Å². The predicted molar refractivity (Wildman–Crippen MR) is 35.0 cm³/mol. The van der Waals surface area contributed by atoms with E-state index >= 15 is 0 Å². The summed E-state index contributed by atoms with van der Waals surface area (Å²) in [6.45, 7) is 0. The zero-order valence-corrected chi connectivity index (χ0v) is 7.74. The zero-order chi connectivity index (χ0) is 11.5. The van der Waals surface area contributed by atoms with Gasteiger partial charge in [0.05, 0.1) is 0 Å². The molecule has 0 bridgehead atoms. The molecule has 0 radical (unpaired) electrons. The Morgan fingerprint density at radius 1 is 1.00 bits per heavy atom. The fourth-order valence-corrected chi connectivity index (χ4v) is 0. The van der Waals surface area contributed by atoms with E-state index in [0.29, 0.717) is 0 Å². The molecule has 12 heteroatoms. The van der Waals surface area contributed by atoms with Gasteiger partial charge in [0, 0.05) is 10.7 Å². The standard InChI is InChI=1S/CHF3O3S.ClHO3S/c2-1(3,4)8(5,6)7;1-5(2,3)4/h(H,5,6,7);(H,2,3,4). The molecule has 0 unspecified atom stereocenters. The summed E-state index contributed by atoms with van der Waals surface area (Å²) in [6, 6.07) is 0. The second kappa shape index (κ2) is 4.41. The van der Waals surface area contributed by atoms with Gasteiger partial charge in [-0.15, -0.1) is 0 Å². The summed E-state index contributed by atoms with van der Waals surface area (Å²) in [7, 11) is -5.98. The maximum absolute atomic E-state index is 10.7. The van der Waals surface area contributed by atoms with E-state index in [-0.39, 0.29) is 0 Å².